The maximum absolute atomic E-state index is 12.8. The highest BCUT2D eigenvalue weighted by Gasteiger charge is 2.15. The standard InChI is InChI=1S/C10H13FN2/c11-10-4-9(6-13-7-10)8-2-1-3-12-5-8/h4,6-8,12H,1-3,5H2/t8-/m0/s1. The van der Waals surface area contributed by atoms with Crippen LogP contribution in [0.25, 0.3) is 0 Å². The fourth-order valence-corrected chi connectivity index (χ4v) is 1.79. The van der Waals surface area contributed by atoms with Crippen molar-refractivity contribution in [2.75, 3.05) is 13.1 Å². The number of aromatic nitrogens is 1. The highest BCUT2D eigenvalue weighted by molar-refractivity contribution is 5.16. The number of pyridine rings is 1. The van der Waals surface area contributed by atoms with Crippen molar-refractivity contribution >= 4 is 0 Å². The van der Waals surface area contributed by atoms with E-state index in [9.17, 15) is 4.39 Å². The molecule has 1 N–H and O–H groups in total. The molecule has 0 saturated carbocycles. The summed E-state index contributed by atoms with van der Waals surface area (Å²) < 4.78 is 12.8. The summed E-state index contributed by atoms with van der Waals surface area (Å²) in [6.07, 6.45) is 5.32. The van der Waals surface area contributed by atoms with E-state index in [1.165, 1.54) is 12.6 Å². The molecule has 0 spiro atoms. The average molecular weight is 180 g/mol. The fourth-order valence-electron chi connectivity index (χ4n) is 1.79. The molecule has 1 atom stereocenters. The molecule has 0 amide bonds. The van der Waals surface area contributed by atoms with Crippen LogP contribution in [0.2, 0.25) is 0 Å². The molecule has 2 rings (SSSR count). The number of hydrogen-bond donors (Lipinski definition) is 1. The summed E-state index contributed by atoms with van der Waals surface area (Å²) in [6, 6.07) is 1.59. The van der Waals surface area contributed by atoms with Crippen molar-refractivity contribution in [2.45, 2.75) is 18.8 Å². The van der Waals surface area contributed by atoms with Crippen molar-refractivity contribution in [3.05, 3.63) is 29.8 Å². The van der Waals surface area contributed by atoms with Crippen LogP contribution in [0.4, 0.5) is 4.39 Å². The van der Waals surface area contributed by atoms with Crippen LogP contribution in [0, 0.1) is 5.82 Å². The van der Waals surface area contributed by atoms with Crippen molar-refractivity contribution in [3.8, 4) is 0 Å². The largest absolute Gasteiger partial charge is 0.316 e. The molecule has 2 heterocycles. The third kappa shape index (κ3) is 2.04. The zero-order chi connectivity index (χ0) is 9.10. The molecule has 1 aliphatic rings. The van der Waals surface area contributed by atoms with Gasteiger partial charge in [-0.05, 0) is 36.9 Å². The van der Waals surface area contributed by atoms with Gasteiger partial charge in [0.15, 0.2) is 0 Å². The smallest absolute Gasteiger partial charge is 0.141 e. The van der Waals surface area contributed by atoms with Crippen molar-refractivity contribution in [1.82, 2.24) is 10.3 Å². The van der Waals surface area contributed by atoms with Crippen molar-refractivity contribution in [1.29, 1.82) is 0 Å². The monoisotopic (exact) mass is 180 g/mol. The summed E-state index contributed by atoms with van der Waals surface area (Å²) in [5.41, 5.74) is 1.02. The topological polar surface area (TPSA) is 24.9 Å². The van der Waals surface area contributed by atoms with Crippen molar-refractivity contribution < 1.29 is 4.39 Å². The minimum Gasteiger partial charge on any atom is -0.316 e. The van der Waals surface area contributed by atoms with Gasteiger partial charge in [0, 0.05) is 12.7 Å². The van der Waals surface area contributed by atoms with Gasteiger partial charge < -0.3 is 5.32 Å². The van der Waals surface area contributed by atoms with Crippen LogP contribution < -0.4 is 5.32 Å². The first-order valence-corrected chi connectivity index (χ1v) is 4.67. The van der Waals surface area contributed by atoms with Crippen molar-refractivity contribution in [3.63, 3.8) is 0 Å². The summed E-state index contributed by atoms with van der Waals surface area (Å²) in [5, 5.41) is 3.30. The van der Waals surface area contributed by atoms with Crippen LogP contribution in [0.3, 0.4) is 0 Å². The van der Waals surface area contributed by atoms with E-state index < -0.39 is 0 Å². The Hall–Kier alpha value is -0.960. The molecule has 1 saturated heterocycles. The molecule has 2 nitrogen and oxygen atoms in total. The molecule has 0 aromatic carbocycles. The Balaban J connectivity index is 2.14. The van der Waals surface area contributed by atoms with Gasteiger partial charge >= 0.3 is 0 Å². The Kier molecular flexibility index (Phi) is 2.54. The number of rotatable bonds is 1. The molecule has 0 bridgehead atoms. The molecule has 70 valence electrons. The predicted octanol–water partition coefficient (Wildman–Crippen LogP) is 1.69. The molecule has 13 heavy (non-hydrogen) atoms. The van der Waals surface area contributed by atoms with Gasteiger partial charge in [-0.2, -0.15) is 0 Å². The van der Waals surface area contributed by atoms with Gasteiger partial charge in [0.2, 0.25) is 0 Å². The van der Waals surface area contributed by atoms with Crippen LogP contribution in [0.1, 0.15) is 24.3 Å². The zero-order valence-electron chi connectivity index (χ0n) is 7.46. The van der Waals surface area contributed by atoms with Crippen LogP contribution in [0.5, 0.6) is 0 Å². The van der Waals surface area contributed by atoms with E-state index in [-0.39, 0.29) is 5.82 Å². The summed E-state index contributed by atoms with van der Waals surface area (Å²) >= 11 is 0. The zero-order valence-corrected chi connectivity index (χ0v) is 7.46. The summed E-state index contributed by atoms with van der Waals surface area (Å²) in [5.74, 6) is 0.208. The van der Waals surface area contributed by atoms with E-state index in [1.807, 2.05) is 0 Å². The van der Waals surface area contributed by atoms with Crippen LogP contribution in [-0.2, 0) is 0 Å². The number of halogens is 1. The first-order valence-electron chi connectivity index (χ1n) is 4.67. The molecule has 3 heteroatoms. The molecule has 1 aromatic rings. The minimum absolute atomic E-state index is 0.233. The second-order valence-corrected chi connectivity index (χ2v) is 3.48. The maximum atomic E-state index is 12.8. The quantitative estimate of drug-likeness (QED) is 0.711. The number of piperidine rings is 1. The molecule has 0 aliphatic carbocycles. The first kappa shape index (κ1) is 8.63. The highest BCUT2D eigenvalue weighted by atomic mass is 19.1. The summed E-state index contributed by atoms with van der Waals surface area (Å²) in [4.78, 5) is 3.86. The van der Waals surface area contributed by atoms with Crippen LogP contribution >= 0.6 is 0 Å². The molecule has 1 aromatic heterocycles. The van der Waals surface area contributed by atoms with Gasteiger partial charge in [-0.25, -0.2) is 4.39 Å². The van der Waals surface area contributed by atoms with Gasteiger partial charge in [-0.1, -0.05) is 0 Å². The Labute approximate surface area is 77.2 Å². The maximum Gasteiger partial charge on any atom is 0.141 e. The SMILES string of the molecule is Fc1cncc([C@H]2CCCNC2)c1. The Morgan fingerprint density at radius 2 is 2.38 bits per heavy atom. The third-order valence-corrected chi connectivity index (χ3v) is 2.49. The van der Waals surface area contributed by atoms with E-state index in [1.54, 1.807) is 12.3 Å². The van der Waals surface area contributed by atoms with Gasteiger partial charge in [-0.15, -0.1) is 0 Å². The normalized spacial score (nSPS) is 23.0. The van der Waals surface area contributed by atoms with E-state index in [0.29, 0.717) is 5.92 Å². The number of nitrogens with zero attached hydrogens (tertiary/aromatic N) is 1. The van der Waals surface area contributed by atoms with E-state index in [2.05, 4.69) is 10.3 Å². The first-order chi connectivity index (χ1) is 6.36. The molecule has 1 fully saturated rings. The fraction of sp³-hybridized carbons (Fsp3) is 0.500. The molecular weight excluding hydrogens is 167 g/mol. The minimum atomic E-state index is -0.233. The van der Waals surface area contributed by atoms with E-state index in [4.69, 9.17) is 0 Å². The third-order valence-electron chi connectivity index (χ3n) is 2.49. The lowest BCUT2D eigenvalue weighted by Gasteiger charge is -2.22. The second kappa shape index (κ2) is 3.83. The van der Waals surface area contributed by atoms with Gasteiger partial charge in [0.1, 0.15) is 5.82 Å². The molecular formula is C10H13FN2. The Morgan fingerprint density at radius 3 is 3.08 bits per heavy atom. The summed E-state index contributed by atoms with van der Waals surface area (Å²) in [6.45, 7) is 2.03. The van der Waals surface area contributed by atoms with Gasteiger partial charge in [-0.3, -0.25) is 4.98 Å². The lowest BCUT2D eigenvalue weighted by molar-refractivity contribution is 0.458. The Morgan fingerprint density at radius 1 is 1.46 bits per heavy atom. The van der Waals surface area contributed by atoms with Crippen molar-refractivity contribution in [2.24, 2.45) is 0 Å². The predicted molar refractivity (Wildman–Crippen MR) is 49.0 cm³/mol. The van der Waals surface area contributed by atoms with Gasteiger partial charge in [0.05, 0.1) is 6.20 Å². The Bertz CT molecular complexity index is 282. The lowest BCUT2D eigenvalue weighted by Crippen LogP contribution is -2.28. The van der Waals surface area contributed by atoms with Gasteiger partial charge in [0.25, 0.3) is 0 Å². The number of nitrogens with one attached hydrogen (secondary N) is 1. The molecule has 1 aliphatic heterocycles. The lowest BCUT2D eigenvalue weighted by atomic mass is 9.93. The molecule has 0 radical (unpaired) electrons. The van der Waals surface area contributed by atoms with E-state index in [0.717, 1.165) is 25.1 Å². The van der Waals surface area contributed by atoms with Crippen LogP contribution in [0.15, 0.2) is 18.5 Å². The van der Waals surface area contributed by atoms with Crippen LogP contribution in [-0.4, -0.2) is 18.1 Å². The highest BCUT2D eigenvalue weighted by Crippen LogP contribution is 2.22. The average Bonchev–Trinajstić information content (AvgIpc) is 2.19. The van der Waals surface area contributed by atoms with E-state index >= 15 is 0 Å². The second-order valence-electron chi connectivity index (χ2n) is 3.48. The molecule has 0 unspecified atom stereocenters. The summed E-state index contributed by atoms with van der Waals surface area (Å²) in [7, 11) is 0. The number of hydrogen-bond acceptors (Lipinski definition) is 2.